The number of amides is 2. The number of hydrogen-bond donors (Lipinski definition) is 1. The smallest absolute Gasteiger partial charge is 0.274 e. The molecule has 0 unspecified atom stereocenters. The molecule has 226 valence electrons. The fraction of sp³-hybridized carbons (Fsp3) is 0.294. The van der Waals surface area contributed by atoms with Crippen LogP contribution in [0.3, 0.4) is 0 Å². The van der Waals surface area contributed by atoms with Crippen LogP contribution in [-0.4, -0.2) is 46.4 Å². The highest BCUT2D eigenvalue weighted by atomic mass is 35.5. The Kier molecular flexibility index (Phi) is 7.61. The van der Waals surface area contributed by atoms with Gasteiger partial charge >= 0.3 is 0 Å². The van der Waals surface area contributed by atoms with E-state index in [1.165, 1.54) is 33.7 Å². The lowest BCUT2D eigenvalue weighted by atomic mass is 10.0. The second-order valence-electron chi connectivity index (χ2n) is 11.9. The van der Waals surface area contributed by atoms with E-state index in [1.807, 2.05) is 6.07 Å². The van der Waals surface area contributed by atoms with Gasteiger partial charge in [-0.05, 0) is 104 Å². The first-order valence-corrected chi connectivity index (χ1v) is 14.8. The van der Waals surface area contributed by atoms with Crippen LogP contribution in [-0.2, 0) is 0 Å². The largest absolute Gasteiger partial charge is 0.349 e. The number of rotatable bonds is 7. The van der Waals surface area contributed by atoms with Crippen molar-refractivity contribution in [3.8, 4) is 16.9 Å². The van der Waals surface area contributed by atoms with Crippen molar-refractivity contribution in [2.75, 3.05) is 14.1 Å². The molecule has 2 aliphatic rings. The maximum Gasteiger partial charge on any atom is 0.274 e. The summed E-state index contributed by atoms with van der Waals surface area (Å²) in [4.78, 5) is 44.5. The van der Waals surface area contributed by atoms with Crippen molar-refractivity contribution < 1.29 is 18.4 Å². The van der Waals surface area contributed by atoms with Gasteiger partial charge in [0.05, 0.1) is 16.9 Å². The minimum Gasteiger partial charge on any atom is -0.349 e. The number of carbonyl (C=O) groups is 2. The molecule has 0 aliphatic heterocycles. The Morgan fingerprint density at radius 2 is 1.80 bits per heavy atom. The molecule has 0 saturated heterocycles. The molecule has 7 nitrogen and oxygen atoms in total. The molecule has 0 radical (unpaired) electrons. The predicted octanol–water partition coefficient (Wildman–Crippen LogP) is 6.31. The number of aromatic nitrogens is 2. The fourth-order valence-electron chi connectivity index (χ4n) is 5.70. The number of nitrogens with zero attached hydrogens (tertiary/aromatic N) is 3. The van der Waals surface area contributed by atoms with Crippen LogP contribution in [0.25, 0.3) is 16.9 Å². The van der Waals surface area contributed by atoms with Gasteiger partial charge in [0, 0.05) is 43.2 Å². The van der Waals surface area contributed by atoms with Crippen molar-refractivity contribution in [2.24, 2.45) is 0 Å². The molecular weight excluding hydrogens is 586 g/mol. The molecule has 0 spiro atoms. The maximum atomic E-state index is 15.5. The molecule has 2 saturated carbocycles. The normalized spacial score (nSPS) is 17.3. The van der Waals surface area contributed by atoms with Crippen molar-refractivity contribution >= 4 is 23.4 Å². The molecule has 44 heavy (non-hydrogen) atoms. The van der Waals surface area contributed by atoms with Crippen molar-refractivity contribution in [1.29, 1.82) is 0 Å². The van der Waals surface area contributed by atoms with Gasteiger partial charge in [-0.25, -0.2) is 8.78 Å². The van der Waals surface area contributed by atoms with Crippen LogP contribution in [0.5, 0.6) is 0 Å². The monoisotopic (exact) mass is 616 g/mol. The number of aryl methyl sites for hydroxylation is 2. The number of carbonyl (C=O) groups excluding carboxylic acids is 2. The van der Waals surface area contributed by atoms with Gasteiger partial charge in [-0.2, -0.15) is 0 Å². The summed E-state index contributed by atoms with van der Waals surface area (Å²) in [5, 5.41) is 2.94. The number of pyridine rings is 2. The number of hydrogen-bond acceptors (Lipinski definition) is 4. The molecule has 4 aromatic rings. The summed E-state index contributed by atoms with van der Waals surface area (Å²) in [6.45, 7) is 3.58. The van der Waals surface area contributed by atoms with Crippen molar-refractivity contribution in [2.45, 2.75) is 51.0 Å². The molecule has 2 aliphatic carbocycles. The quantitative estimate of drug-likeness (QED) is 0.264. The van der Waals surface area contributed by atoms with Crippen molar-refractivity contribution in [3.63, 3.8) is 0 Å². The Morgan fingerprint density at radius 3 is 2.50 bits per heavy atom. The summed E-state index contributed by atoms with van der Waals surface area (Å²) < 4.78 is 31.5. The lowest BCUT2D eigenvalue weighted by molar-refractivity contribution is 0.0822. The standard InChI is InChI=1S/C34H31ClF2N4O3/c1-17-16-38-28(23-6-5-7-24(31(23)37)33(43)40(3)4)15-29(17)41-18(2)10-27(30(35)34(41)44)26-14-25(26)19-11-20(13-21(36)12-19)32(42)39-22-8-9-22/h5-7,10-13,15-16,22,25-26H,8-9,14H2,1-4H3,(H,39,42)/t25-,26+/m1/s1. The van der Waals surface area contributed by atoms with E-state index in [-0.39, 0.29) is 51.2 Å². The van der Waals surface area contributed by atoms with E-state index in [1.54, 1.807) is 52.3 Å². The average Bonchev–Trinajstić information content (AvgIpc) is 3.92. The third-order valence-electron chi connectivity index (χ3n) is 8.30. The minimum atomic E-state index is -0.698. The zero-order chi connectivity index (χ0) is 31.4. The summed E-state index contributed by atoms with van der Waals surface area (Å²) in [6.07, 6.45) is 4.08. The van der Waals surface area contributed by atoms with E-state index >= 15 is 4.39 Å². The SMILES string of the molecule is Cc1cnc(-c2cccc(C(=O)N(C)C)c2F)cc1-n1c(C)cc([C@H]2C[C@@H]2c2cc(F)cc(C(=O)NC3CC3)c2)c(Cl)c1=O. The molecule has 0 bridgehead atoms. The molecule has 2 aromatic heterocycles. The Labute approximate surface area is 258 Å². The van der Waals surface area contributed by atoms with E-state index in [4.69, 9.17) is 11.6 Å². The Hall–Kier alpha value is -4.37. The van der Waals surface area contributed by atoms with E-state index < -0.39 is 23.1 Å². The number of nitrogens with one attached hydrogen (secondary N) is 1. The summed E-state index contributed by atoms with van der Waals surface area (Å²) in [7, 11) is 3.10. The highest BCUT2D eigenvalue weighted by Gasteiger charge is 2.42. The topological polar surface area (TPSA) is 84.3 Å². The van der Waals surface area contributed by atoms with Crippen molar-refractivity contribution in [1.82, 2.24) is 19.8 Å². The van der Waals surface area contributed by atoms with E-state index in [9.17, 15) is 18.8 Å². The third-order valence-corrected chi connectivity index (χ3v) is 8.68. The number of benzene rings is 2. The van der Waals surface area contributed by atoms with Gasteiger partial charge in [-0.1, -0.05) is 17.7 Å². The third kappa shape index (κ3) is 5.52. The molecule has 10 heteroatoms. The molecule has 2 amide bonds. The van der Waals surface area contributed by atoms with Gasteiger partial charge < -0.3 is 10.2 Å². The second kappa shape index (κ2) is 11.3. The van der Waals surface area contributed by atoms with Gasteiger partial charge in [0.15, 0.2) is 0 Å². The first-order chi connectivity index (χ1) is 20.9. The Balaban J connectivity index is 1.33. The summed E-state index contributed by atoms with van der Waals surface area (Å²) in [6, 6.07) is 12.6. The highest BCUT2D eigenvalue weighted by molar-refractivity contribution is 6.31. The van der Waals surface area contributed by atoms with Crippen molar-refractivity contribution in [3.05, 3.63) is 115 Å². The molecule has 2 fully saturated rings. The average molecular weight is 617 g/mol. The lowest BCUT2D eigenvalue weighted by Crippen LogP contribution is -2.25. The maximum absolute atomic E-state index is 15.5. The zero-order valence-corrected chi connectivity index (χ0v) is 25.5. The molecule has 2 aromatic carbocycles. The molecule has 2 heterocycles. The highest BCUT2D eigenvalue weighted by Crippen LogP contribution is 2.56. The number of halogens is 3. The van der Waals surface area contributed by atoms with Gasteiger partial charge in [-0.3, -0.25) is 23.9 Å². The molecule has 6 rings (SSSR count). The molecule has 1 N–H and O–H groups in total. The fourth-order valence-corrected chi connectivity index (χ4v) is 5.98. The van der Waals surface area contributed by atoms with Crippen LogP contribution in [0, 0.1) is 25.5 Å². The summed E-state index contributed by atoms with van der Waals surface area (Å²) in [5.41, 5.74) is 3.29. The summed E-state index contributed by atoms with van der Waals surface area (Å²) in [5.74, 6) is -2.13. The van der Waals surface area contributed by atoms with E-state index in [0.717, 1.165) is 12.8 Å². The van der Waals surface area contributed by atoms with Crippen LogP contribution in [0.15, 0.2) is 59.5 Å². The zero-order valence-electron chi connectivity index (χ0n) is 24.7. The Morgan fingerprint density at radius 1 is 1.05 bits per heavy atom. The van der Waals surface area contributed by atoms with E-state index in [0.29, 0.717) is 34.5 Å². The Bertz CT molecular complexity index is 1900. The van der Waals surface area contributed by atoms with Gasteiger partial charge in [0.1, 0.15) is 16.7 Å². The van der Waals surface area contributed by atoms with E-state index in [2.05, 4.69) is 10.3 Å². The van der Waals surface area contributed by atoms with Crippen LogP contribution < -0.4 is 10.9 Å². The van der Waals surface area contributed by atoms with Gasteiger partial charge in [0.2, 0.25) is 0 Å². The first-order valence-electron chi connectivity index (χ1n) is 14.5. The predicted molar refractivity (Wildman–Crippen MR) is 165 cm³/mol. The van der Waals surface area contributed by atoms with Gasteiger partial charge in [-0.15, -0.1) is 0 Å². The molecular formula is C34H31ClF2N4O3. The minimum absolute atomic E-state index is 0.0497. The van der Waals surface area contributed by atoms with Crippen LogP contribution in [0.2, 0.25) is 5.02 Å². The van der Waals surface area contributed by atoms with Crippen LogP contribution in [0.4, 0.5) is 8.78 Å². The van der Waals surface area contributed by atoms with Gasteiger partial charge in [0.25, 0.3) is 17.4 Å². The summed E-state index contributed by atoms with van der Waals surface area (Å²) >= 11 is 6.72. The van der Waals surface area contributed by atoms with Crippen LogP contribution >= 0.6 is 11.6 Å². The first kappa shape index (κ1) is 29.7. The molecule has 2 atom stereocenters. The lowest BCUT2D eigenvalue weighted by Gasteiger charge is -2.17. The van der Waals surface area contributed by atoms with Crippen LogP contribution in [0.1, 0.15) is 74.2 Å². The second-order valence-corrected chi connectivity index (χ2v) is 12.3.